The van der Waals surface area contributed by atoms with Gasteiger partial charge in [0.2, 0.25) is 0 Å². The number of aliphatic hydroxyl groups is 1. The molecule has 0 unspecified atom stereocenters. The molecule has 1 amide bonds. The van der Waals surface area contributed by atoms with Crippen molar-refractivity contribution in [2.24, 2.45) is 0 Å². The first-order valence-electron chi connectivity index (χ1n) is 10.6. The number of hydrogen-bond acceptors (Lipinski definition) is 6. The van der Waals surface area contributed by atoms with Gasteiger partial charge in [0.15, 0.2) is 0 Å². The fraction of sp³-hybridized carbons (Fsp3) is 0.375. The van der Waals surface area contributed by atoms with Crippen molar-refractivity contribution in [3.63, 3.8) is 0 Å². The number of nitrogens with zero attached hydrogens (tertiary/aromatic N) is 3. The first-order chi connectivity index (χ1) is 15.1. The van der Waals surface area contributed by atoms with E-state index in [0.29, 0.717) is 17.8 Å². The molecule has 7 nitrogen and oxygen atoms in total. The van der Waals surface area contributed by atoms with Crippen LogP contribution in [0.5, 0.6) is 0 Å². The van der Waals surface area contributed by atoms with Gasteiger partial charge < -0.3 is 14.7 Å². The van der Waals surface area contributed by atoms with Crippen LogP contribution in [-0.4, -0.2) is 71.0 Å². The van der Waals surface area contributed by atoms with Crippen molar-refractivity contribution in [1.82, 2.24) is 14.8 Å². The largest absolute Gasteiger partial charge is 0.507 e. The molecular weight excluding hydrogens is 394 g/mol. The average Bonchev–Trinajstić information content (AvgIpc) is 3.05. The molecule has 1 N–H and O–H groups in total. The van der Waals surface area contributed by atoms with E-state index >= 15 is 0 Å². The van der Waals surface area contributed by atoms with E-state index < -0.39 is 17.7 Å². The van der Waals surface area contributed by atoms with E-state index in [9.17, 15) is 14.7 Å². The number of likely N-dealkylation sites (tertiary alicyclic amines) is 1. The summed E-state index contributed by atoms with van der Waals surface area (Å²) in [7, 11) is 0. The van der Waals surface area contributed by atoms with Crippen LogP contribution in [0.15, 0.2) is 54.2 Å². The van der Waals surface area contributed by atoms with E-state index in [0.717, 1.165) is 44.8 Å². The van der Waals surface area contributed by atoms with Crippen molar-refractivity contribution in [3.05, 3.63) is 71.1 Å². The minimum Gasteiger partial charge on any atom is -0.507 e. The molecule has 0 spiro atoms. The van der Waals surface area contributed by atoms with Crippen LogP contribution in [0.4, 0.5) is 0 Å². The number of morpholine rings is 1. The summed E-state index contributed by atoms with van der Waals surface area (Å²) >= 11 is 0. The van der Waals surface area contributed by atoms with Gasteiger partial charge in [0.05, 0.1) is 24.5 Å². The highest BCUT2D eigenvalue weighted by molar-refractivity contribution is 6.46. The van der Waals surface area contributed by atoms with Crippen molar-refractivity contribution in [1.29, 1.82) is 0 Å². The summed E-state index contributed by atoms with van der Waals surface area (Å²) in [6.45, 7) is 6.36. The van der Waals surface area contributed by atoms with Crippen LogP contribution < -0.4 is 0 Å². The monoisotopic (exact) mass is 421 g/mol. The van der Waals surface area contributed by atoms with Crippen LogP contribution in [0.1, 0.15) is 29.3 Å². The molecule has 2 fully saturated rings. The van der Waals surface area contributed by atoms with Crippen molar-refractivity contribution in [2.75, 3.05) is 39.4 Å². The molecule has 1 aromatic heterocycles. The van der Waals surface area contributed by atoms with Crippen LogP contribution in [0, 0.1) is 6.92 Å². The van der Waals surface area contributed by atoms with Gasteiger partial charge >= 0.3 is 0 Å². The maximum atomic E-state index is 13.0. The SMILES string of the molecule is Cc1ccc(C(O)=C2C(=O)C(=O)N(CCCN3CCOCC3)[C@H]2c2ccccn2)cc1. The molecule has 2 saturated heterocycles. The van der Waals surface area contributed by atoms with E-state index in [-0.39, 0.29) is 11.3 Å². The molecule has 2 aromatic rings. The van der Waals surface area contributed by atoms with Gasteiger partial charge in [-0.25, -0.2) is 0 Å². The topological polar surface area (TPSA) is 83.0 Å². The van der Waals surface area contributed by atoms with Gasteiger partial charge in [-0.15, -0.1) is 0 Å². The average molecular weight is 421 g/mol. The Balaban J connectivity index is 1.64. The van der Waals surface area contributed by atoms with Crippen LogP contribution in [0.3, 0.4) is 0 Å². The number of amides is 1. The normalized spacial score (nSPS) is 21.6. The molecule has 7 heteroatoms. The second-order valence-corrected chi connectivity index (χ2v) is 7.92. The lowest BCUT2D eigenvalue weighted by molar-refractivity contribution is -0.140. The lowest BCUT2D eigenvalue weighted by atomic mass is 9.98. The maximum absolute atomic E-state index is 13.0. The number of aliphatic hydroxyl groups excluding tert-OH is 1. The number of ketones is 1. The Labute approximate surface area is 182 Å². The predicted octanol–water partition coefficient (Wildman–Crippen LogP) is 2.53. The van der Waals surface area contributed by atoms with Gasteiger partial charge in [-0.2, -0.15) is 0 Å². The van der Waals surface area contributed by atoms with Crippen molar-refractivity contribution >= 4 is 17.4 Å². The number of ether oxygens (including phenoxy) is 1. The Kier molecular flexibility index (Phi) is 6.44. The minimum atomic E-state index is -0.702. The molecule has 0 aliphatic carbocycles. The lowest BCUT2D eigenvalue weighted by Gasteiger charge is -2.28. The van der Waals surface area contributed by atoms with Gasteiger partial charge in [-0.3, -0.25) is 19.5 Å². The van der Waals surface area contributed by atoms with E-state index in [1.165, 1.54) is 0 Å². The van der Waals surface area contributed by atoms with E-state index in [2.05, 4.69) is 9.88 Å². The molecule has 3 heterocycles. The number of benzene rings is 1. The second kappa shape index (κ2) is 9.41. The summed E-state index contributed by atoms with van der Waals surface area (Å²) in [6.07, 6.45) is 2.36. The fourth-order valence-electron chi connectivity index (χ4n) is 4.11. The van der Waals surface area contributed by atoms with E-state index in [1.807, 2.05) is 25.1 Å². The van der Waals surface area contributed by atoms with Gasteiger partial charge in [0.25, 0.3) is 11.7 Å². The summed E-state index contributed by atoms with van der Waals surface area (Å²) in [5, 5.41) is 11.0. The molecule has 0 bridgehead atoms. The van der Waals surface area contributed by atoms with E-state index in [4.69, 9.17) is 4.74 Å². The first kappa shape index (κ1) is 21.2. The molecule has 2 aliphatic heterocycles. The second-order valence-electron chi connectivity index (χ2n) is 7.92. The Morgan fingerprint density at radius 3 is 2.52 bits per heavy atom. The smallest absolute Gasteiger partial charge is 0.295 e. The highest BCUT2D eigenvalue weighted by atomic mass is 16.5. The minimum absolute atomic E-state index is 0.0962. The Hall–Kier alpha value is -3.03. The van der Waals surface area contributed by atoms with Crippen molar-refractivity contribution in [2.45, 2.75) is 19.4 Å². The Morgan fingerprint density at radius 2 is 1.84 bits per heavy atom. The third kappa shape index (κ3) is 4.52. The zero-order valence-electron chi connectivity index (χ0n) is 17.7. The van der Waals surface area contributed by atoms with Crippen LogP contribution >= 0.6 is 0 Å². The highest BCUT2D eigenvalue weighted by Gasteiger charge is 2.46. The Morgan fingerprint density at radius 1 is 1.10 bits per heavy atom. The third-order valence-electron chi connectivity index (χ3n) is 5.81. The first-order valence-corrected chi connectivity index (χ1v) is 10.6. The molecular formula is C24H27N3O4. The molecule has 2 aliphatic rings. The van der Waals surface area contributed by atoms with Crippen molar-refractivity contribution in [3.8, 4) is 0 Å². The molecule has 162 valence electrons. The van der Waals surface area contributed by atoms with Gasteiger partial charge in [-0.1, -0.05) is 35.9 Å². The number of aromatic nitrogens is 1. The maximum Gasteiger partial charge on any atom is 0.295 e. The zero-order valence-corrected chi connectivity index (χ0v) is 17.7. The molecule has 1 aromatic carbocycles. The van der Waals surface area contributed by atoms with Crippen LogP contribution in [-0.2, 0) is 14.3 Å². The standard InChI is InChI=1S/C24H27N3O4/c1-17-6-8-18(9-7-17)22(28)20-21(19-5-2-3-10-25-19)27(24(30)23(20)29)12-4-11-26-13-15-31-16-14-26/h2-3,5-10,21,28H,4,11-16H2,1H3/t21-/m0/s1. The van der Waals surface area contributed by atoms with Crippen molar-refractivity contribution < 1.29 is 19.4 Å². The van der Waals surface area contributed by atoms with Crippen LogP contribution in [0.25, 0.3) is 5.76 Å². The predicted molar refractivity (Wildman–Crippen MR) is 116 cm³/mol. The molecule has 31 heavy (non-hydrogen) atoms. The lowest BCUT2D eigenvalue weighted by Crippen LogP contribution is -2.39. The van der Waals surface area contributed by atoms with Gasteiger partial charge in [0.1, 0.15) is 11.8 Å². The molecule has 0 radical (unpaired) electrons. The number of pyridine rings is 1. The summed E-state index contributed by atoms with van der Waals surface area (Å²) in [5.41, 5.74) is 2.22. The molecule has 0 saturated carbocycles. The highest BCUT2D eigenvalue weighted by Crippen LogP contribution is 2.38. The summed E-state index contributed by atoms with van der Waals surface area (Å²) in [6, 6.07) is 11.9. The zero-order chi connectivity index (χ0) is 21.8. The fourth-order valence-corrected chi connectivity index (χ4v) is 4.11. The Bertz CT molecular complexity index is 966. The summed E-state index contributed by atoms with van der Waals surface area (Å²) in [5.74, 6) is -1.42. The summed E-state index contributed by atoms with van der Waals surface area (Å²) in [4.78, 5) is 34.2. The number of carbonyl (C=O) groups is 2. The number of hydrogen-bond donors (Lipinski definition) is 1. The number of Topliss-reactive ketones (excluding diaryl/α,β-unsaturated/α-hetero) is 1. The quantitative estimate of drug-likeness (QED) is 0.439. The molecule has 1 atom stereocenters. The number of aryl methyl sites for hydroxylation is 1. The van der Waals surface area contributed by atoms with Gasteiger partial charge in [0, 0.05) is 37.9 Å². The number of carbonyl (C=O) groups excluding carboxylic acids is 2. The van der Waals surface area contributed by atoms with Gasteiger partial charge in [-0.05, 0) is 25.5 Å². The summed E-state index contributed by atoms with van der Waals surface area (Å²) < 4.78 is 5.38. The molecule has 4 rings (SSSR count). The number of rotatable bonds is 6. The van der Waals surface area contributed by atoms with Crippen LogP contribution in [0.2, 0.25) is 0 Å². The third-order valence-corrected chi connectivity index (χ3v) is 5.81. The van der Waals surface area contributed by atoms with E-state index in [1.54, 1.807) is 35.4 Å².